The van der Waals surface area contributed by atoms with E-state index in [0.29, 0.717) is 18.2 Å². The number of nitrogens with zero attached hydrogens (tertiary/aromatic N) is 5. The van der Waals surface area contributed by atoms with Gasteiger partial charge in [0.05, 0.1) is 12.4 Å². The summed E-state index contributed by atoms with van der Waals surface area (Å²) in [6.07, 6.45) is 0. The molecule has 0 amide bonds. The first-order chi connectivity index (χ1) is 17.6. The van der Waals surface area contributed by atoms with Crippen molar-refractivity contribution in [1.29, 1.82) is 0 Å². The van der Waals surface area contributed by atoms with Gasteiger partial charge in [-0.25, -0.2) is 4.68 Å². The molecule has 0 radical (unpaired) electrons. The van der Waals surface area contributed by atoms with E-state index in [1.807, 2.05) is 41.1 Å². The molecule has 0 aliphatic carbocycles. The molecule has 0 bridgehead atoms. The highest BCUT2D eigenvalue weighted by atomic mass is 79.9. The van der Waals surface area contributed by atoms with E-state index in [1.54, 1.807) is 0 Å². The van der Waals surface area contributed by atoms with Crippen molar-refractivity contribution in [3.63, 3.8) is 0 Å². The molecule has 1 aromatic heterocycles. The molecule has 184 valence electrons. The molecule has 0 atom stereocenters. The number of aromatic nitrogens is 3. The fourth-order valence-electron chi connectivity index (χ4n) is 4.67. The molecule has 0 N–H and O–H groups in total. The minimum atomic E-state index is 0.309. The maximum Gasteiger partial charge on any atom is 0.231 e. The molecule has 0 saturated carbocycles. The summed E-state index contributed by atoms with van der Waals surface area (Å²) in [5.41, 5.74) is 3.29. The predicted octanol–water partition coefficient (Wildman–Crippen LogP) is 5.34. The van der Waals surface area contributed by atoms with Crippen molar-refractivity contribution in [1.82, 2.24) is 24.1 Å². The molecule has 4 aromatic rings. The fraction of sp³-hybridized carbons (Fsp3) is 0.259. The molecule has 0 spiro atoms. The third-order valence-electron chi connectivity index (χ3n) is 6.60. The monoisotopic (exact) mass is 563 g/mol. The molecule has 6 rings (SSSR count). The minimum absolute atomic E-state index is 0.309. The predicted molar refractivity (Wildman–Crippen MR) is 145 cm³/mol. The van der Waals surface area contributed by atoms with E-state index in [1.165, 1.54) is 5.56 Å². The number of ether oxygens (including phenoxy) is 2. The van der Waals surface area contributed by atoms with Crippen LogP contribution in [-0.2, 0) is 13.2 Å². The second kappa shape index (κ2) is 10.2. The van der Waals surface area contributed by atoms with Crippen molar-refractivity contribution in [2.45, 2.75) is 13.2 Å². The Hall–Kier alpha value is -2.98. The third-order valence-corrected chi connectivity index (χ3v) is 7.52. The zero-order valence-electron chi connectivity index (χ0n) is 19.7. The van der Waals surface area contributed by atoms with E-state index < -0.39 is 0 Å². The number of hydrogen-bond acceptors (Lipinski definition) is 6. The molecule has 1 saturated heterocycles. The summed E-state index contributed by atoms with van der Waals surface area (Å²) in [5, 5.41) is 4.98. The first-order valence-electron chi connectivity index (χ1n) is 12.0. The summed E-state index contributed by atoms with van der Waals surface area (Å²) in [5.74, 6) is 2.53. The van der Waals surface area contributed by atoms with Crippen LogP contribution in [-0.4, -0.2) is 57.1 Å². The maximum atomic E-state index is 5.94. The van der Waals surface area contributed by atoms with Gasteiger partial charge in [0.15, 0.2) is 17.3 Å². The second-order valence-corrected chi connectivity index (χ2v) is 10.3. The van der Waals surface area contributed by atoms with Crippen LogP contribution < -0.4 is 9.47 Å². The summed E-state index contributed by atoms with van der Waals surface area (Å²) >= 11 is 9.47. The molecule has 3 heterocycles. The van der Waals surface area contributed by atoms with E-state index in [-0.39, 0.29) is 0 Å². The van der Waals surface area contributed by atoms with Crippen LogP contribution in [0.3, 0.4) is 0 Å². The molecule has 1 fully saturated rings. The van der Waals surface area contributed by atoms with E-state index >= 15 is 0 Å². The lowest BCUT2D eigenvalue weighted by Gasteiger charge is -2.34. The van der Waals surface area contributed by atoms with E-state index in [2.05, 4.69) is 66.7 Å². The first-order valence-corrected chi connectivity index (χ1v) is 13.2. The van der Waals surface area contributed by atoms with Crippen molar-refractivity contribution in [2.75, 3.05) is 33.0 Å². The summed E-state index contributed by atoms with van der Waals surface area (Å²) in [7, 11) is 0. The Kier molecular flexibility index (Phi) is 6.62. The average Bonchev–Trinajstić information content (AvgIpc) is 3.50. The van der Waals surface area contributed by atoms with Gasteiger partial charge < -0.3 is 9.47 Å². The molecule has 2 aliphatic rings. The Morgan fingerprint density at radius 2 is 1.56 bits per heavy atom. The van der Waals surface area contributed by atoms with E-state index in [0.717, 1.165) is 65.8 Å². The van der Waals surface area contributed by atoms with Gasteiger partial charge >= 0.3 is 0 Å². The quantitative estimate of drug-likeness (QED) is 0.295. The third kappa shape index (κ3) is 4.84. The Morgan fingerprint density at radius 3 is 2.33 bits per heavy atom. The molecule has 36 heavy (non-hydrogen) atoms. The molecule has 3 aromatic carbocycles. The van der Waals surface area contributed by atoms with Crippen LogP contribution >= 0.6 is 28.1 Å². The van der Waals surface area contributed by atoms with Gasteiger partial charge in [0.1, 0.15) is 0 Å². The Morgan fingerprint density at radius 1 is 0.833 bits per heavy atom. The average molecular weight is 565 g/mol. The summed E-state index contributed by atoms with van der Waals surface area (Å²) in [6.45, 7) is 5.77. The molecule has 0 unspecified atom stereocenters. The lowest BCUT2D eigenvalue weighted by molar-refractivity contribution is 0.0981. The highest BCUT2D eigenvalue weighted by Gasteiger charge is 2.21. The summed E-state index contributed by atoms with van der Waals surface area (Å²) in [6, 6.07) is 24.6. The van der Waals surface area contributed by atoms with Gasteiger partial charge in [-0.1, -0.05) is 52.3 Å². The number of benzene rings is 3. The molecular weight excluding hydrogens is 538 g/mol. The topological polar surface area (TPSA) is 47.7 Å². The van der Waals surface area contributed by atoms with Crippen molar-refractivity contribution < 1.29 is 9.47 Å². The van der Waals surface area contributed by atoms with Crippen LogP contribution in [0.2, 0.25) is 0 Å². The highest BCUT2D eigenvalue weighted by molar-refractivity contribution is 9.10. The van der Waals surface area contributed by atoms with Crippen LogP contribution in [0.25, 0.3) is 17.1 Å². The maximum absolute atomic E-state index is 5.94. The lowest BCUT2D eigenvalue weighted by Crippen LogP contribution is -2.46. The van der Waals surface area contributed by atoms with Gasteiger partial charge in [0.25, 0.3) is 0 Å². The van der Waals surface area contributed by atoms with Crippen molar-refractivity contribution >= 4 is 28.1 Å². The largest absolute Gasteiger partial charge is 0.454 e. The van der Waals surface area contributed by atoms with Gasteiger partial charge in [0.2, 0.25) is 11.6 Å². The normalized spacial score (nSPS) is 15.9. The minimum Gasteiger partial charge on any atom is -0.454 e. The Balaban J connectivity index is 1.18. The van der Waals surface area contributed by atoms with Crippen molar-refractivity contribution in [2.24, 2.45) is 0 Å². The van der Waals surface area contributed by atoms with Crippen LogP contribution in [0, 0.1) is 4.77 Å². The SMILES string of the molecule is S=c1n(CN2CCN(Cc3ccc4c(c3)OCO4)CC2)nc(-c2ccccc2)n1-c1ccc(Br)cc1. The Labute approximate surface area is 223 Å². The van der Waals surface area contributed by atoms with Crippen LogP contribution in [0.1, 0.15) is 5.56 Å². The van der Waals surface area contributed by atoms with Gasteiger partial charge in [-0.2, -0.15) is 0 Å². The first kappa shape index (κ1) is 23.4. The van der Waals surface area contributed by atoms with Crippen LogP contribution in [0.15, 0.2) is 77.3 Å². The second-order valence-electron chi connectivity index (χ2n) is 9.01. The van der Waals surface area contributed by atoms with Gasteiger partial charge in [-0.05, 0) is 54.2 Å². The number of fused-ring (bicyclic) bond motifs is 1. The Bertz CT molecular complexity index is 1410. The zero-order valence-corrected chi connectivity index (χ0v) is 22.1. The van der Waals surface area contributed by atoms with Crippen molar-refractivity contribution in [3.8, 4) is 28.6 Å². The number of rotatable bonds is 6. The summed E-state index contributed by atoms with van der Waals surface area (Å²) in [4.78, 5) is 4.89. The molecule has 9 heteroatoms. The number of halogens is 1. The van der Waals surface area contributed by atoms with Crippen LogP contribution in [0.5, 0.6) is 11.5 Å². The molecule has 7 nitrogen and oxygen atoms in total. The van der Waals surface area contributed by atoms with Gasteiger partial charge in [0, 0.05) is 42.8 Å². The zero-order chi connectivity index (χ0) is 24.5. The van der Waals surface area contributed by atoms with Gasteiger partial charge in [-0.3, -0.25) is 14.4 Å². The van der Waals surface area contributed by atoms with E-state index in [9.17, 15) is 0 Å². The molecular formula is C27H26BrN5O2S. The highest BCUT2D eigenvalue weighted by Crippen LogP contribution is 2.33. The summed E-state index contributed by atoms with van der Waals surface area (Å²) < 4.78 is 16.7. The fourth-order valence-corrected chi connectivity index (χ4v) is 5.23. The van der Waals surface area contributed by atoms with Crippen LogP contribution in [0.4, 0.5) is 0 Å². The van der Waals surface area contributed by atoms with E-state index in [4.69, 9.17) is 26.8 Å². The number of hydrogen-bond donors (Lipinski definition) is 0. The smallest absolute Gasteiger partial charge is 0.231 e. The number of piperazine rings is 1. The van der Waals surface area contributed by atoms with Crippen molar-refractivity contribution in [3.05, 3.63) is 87.6 Å². The van der Waals surface area contributed by atoms with Gasteiger partial charge in [-0.15, -0.1) is 5.10 Å². The lowest BCUT2D eigenvalue weighted by atomic mass is 10.1. The standard InChI is InChI=1S/C27H26BrN5O2S/c28-22-7-9-23(10-8-22)33-26(21-4-2-1-3-5-21)29-32(27(33)36)18-31-14-12-30(13-15-31)17-20-6-11-24-25(16-20)35-19-34-24/h1-11,16H,12-15,17-19H2. The molecule has 2 aliphatic heterocycles.